The van der Waals surface area contributed by atoms with Gasteiger partial charge in [-0.05, 0) is 31.3 Å². The molecule has 1 amide bonds. The Kier molecular flexibility index (Phi) is 4.47. The minimum atomic E-state index is -0.673. The molecule has 0 saturated carbocycles. The molecular formula is C14H14F2N2O2. The van der Waals surface area contributed by atoms with E-state index in [-0.39, 0.29) is 12.2 Å². The standard InChI is InChI=1S/C14H14F2N2O2/c1-18(8-11-3-2-6-20-11)9-14(19)17-13-7-10(15)4-5-12(13)16/h2-7H,8-9H2,1H3,(H,17,19). The highest BCUT2D eigenvalue weighted by Gasteiger charge is 2.11. The molecule has 20 heavy (non-hydrogen) atoms. The van der Waals surface area contributed by atoms with Crippen LogP contribution in [-0.2, 0) is 11.3 Å². The van der Waals surface area contributed by atoms with E-state index in [0.29, 0.717) is 6.54 Å². The Morgan fingerprint density at radius 2 is 2.15 bits per heavy atom. The highest BCUT2D eigenvalue weighted by atomic mass is 19.1. The van der Waals surface area contributed by atoms with Gasteiger partial charge in [0.15, 0.2) is 0 Å². The van der Waals surface area contributed by atoms with Gasteiger partial charge in [-0.15, -0.1) is 0 Å². The molecule has 4 nitrogen and oxygen atoms in total. The maximum Gasteiger partial charge on any atom is 0.238 e. The summed E-state index contributed by atoms with van der Waals surface area (Å²) >= 11 is 0. The Morgan fingerprint density at radius 3 is 2.85 bits per heavy atom. The third-order valence-corrected chi connectivity index (χ3v) is 2.62. The lowest BCUT2D eigenvalue weighted by atomic mass is 10.3. The summed E-state index contributed by atoms with van der Waals surface area (Å²) in [5.41, 5.74) is -0.165. The van der Waals surface area contributed by atoms with Crippen LogP contribution >= 0.6 is 0 Å². The maximum atomic E-state index is 13.4. The quantitative estimate of drug-likeness (QED) is 0.915. The molecule has 0 aliphatic heterocycles. The number of rotatable bonds is 5. The molecule has 0 unspecified atom stereocenters. The van der Waals surface area contributed by atoms with Gasteiger partial charge in [-0.1, -0.05) is 0 Å². The van der Waals surface area contributed by atoms with Crippen LogP contribution in [-0.4, -0.2) is 24.4 Å². The van der Waals surface area contributed by atoms with Crippen molar-refractivity contribution in [3.05, 3.63) is 54.0 Å². The molecule has 0 atom stereocenters. The van der Waals surface area contributed by atoms with E-state index >= 15 is 0 Å². The van der Waals surface area contributed by atoms with Crippen LogP contribution in [0.4, 0.5) is 14.5 Å². The largest absolute Gasteiger partial charge is 0.468 e. The zero-order valence-corrected chi connectivity index (χ0v) is 10.9. The van der Waals surface area contributed by atoms with Crippen molar-refractivity contribution in [2.45, 2.75) is 6.54 Å². The van der Waals surface area contributed by atoms with E-state index in [4.69, 9.17) is 4.42 Å². The number of nitrogens with one attached hydrogen (secondary N) is 1. The number of amides is 1. The van der Waals surface area contributed by atoms with E-state index in [9.17, 15) is 13.6 Å². The second-order valence-corrected chi connectivity index (χ2v) is 4.42. The van der Waals surface area contributed by atoms with Crippen LogP contribution in [0.3, 0.4) is 0 Å². The number of hydrogen-bond donors (Lipinski definition) is 1. The summed E-state index contributed by atoms with van der Waals surface area (Å²) in [6, 6.07) is 6.46. The summed E-state index contributed by atoms with van der Waals surface area (Å²) in [7, 11) is 1.73. The van der Waals surface area contributed by atoms with Crippen LogP contribution in [0, 0.1) is 11.6 Å². The number of nitrogens with zero attached hydrogens (tertiary/aromatic N) is 1. The fraction of sp³-hybridized carbons (Fsp3) is 0.214. The maximum absolute atomic E-state index is 13.4. The van der Waals surface area contributed by atoms with E-state index < -0.39 is 17.5 Å². The van der Waals surface area contributed by atoms with Crippen molar-refractivity contribution in [2.24, 2.45) is 0 Å². The van der Waals surface area contributed by atoms with Crippen molar-refractivity contribution < 1.29 is 18.0 Å². The number of carbonyl (C=O) groups is 1. The minimum absolute atomic E-state index is 0.0383. The molecule has 1 heterocycles. The molecule has 0 spiro atoms. The molecular weight excluding hydrogens is 266 g/mol. The molecule has 2 rings (SSSR count). The van der Waals surface area contributed by atoms with Gasteiger partial charge in [0, 0.05) is 6.07 Å². The molecule has 0 aliphatic carbocycles. The van der Waals surface area contributed by atoms with Crippen LogP contribution in [0.5, 0.6) is 0 Å². The van der Waals surface area contributed by atoms with E-state index in [2.05, 4.69) is 5.32 Å². The highest BCUT2D eigenvalue weighted by molar-refractivity contribution is 5.92. The van der Waals surface area contributed by atoms with Crippen LogP contribution in [0.2, 0.25) is 0 Å². The summed E-state index contributed by atoms with van der Waals surface area (Å²) in [4.78, 5) is 13.4. The van der Waals surface area contributed by atoms with Gasteiger partial charge in [-0.25, -0.2) is 8.78 Å². The number of benzene rings is 1. The molecule has 1 aromatic heterocycles. The van der Waals surface area contributed by atoms with Gasteiger partial charge in [-0.3, -0.25) is 9.69 Å². The average Bonchev–Trinajstić information content (AvgIpc) is 2.86. The third kappa shape index (κ3) is 3.89. The predicted molar refractivity (Wildman–Crippen MR) is 70.0 cm³/mol. The summed E-state index contributed by atoms with van der Waals surface area (Å²) in [5.74, 6) is -0.986. The van der Waals surface area contributed by atoms with Crippen molar-refractivity contribution in [1.82, 2.24) is 4.90 Å². The number of hydrogen-bond acceptors (Lipinski definition) is 3. The second kappa shape index (κ2) is 6.29. The number of likely N-dealkylation sites (N-methyl/N-ethyl adjacent to an activating group) is 1. The molecule has 6 heteroatoms. The first-order valence-electron chi connectivity index (χ1n) is 6.00. The summed E-state index contributed by atoms with van der Waals surface area (Å²) < 4.78 is 31.5. The smallest absolute Gasteiger partial charge is 0.238 e. The summed E-state index contributed by atoms with van der Waals surface area (Å²) in [5, 5.41) is 2.34. The SMILES string of the molecule is CN(CC(=O)Nc1cc(F)ccc1F)Cc1ccco1. The summed E-state index contributed by atoms with van der Waals surface area (Å²) in [6.07, 6.45) is 1.55. The van der Waals surface area contributed by atoms with Gasteiger partial charge in [0.2, 0.25) is 5.91 Å². The number of furan rings is 1. The molecule has 0 saturated heterocycles. The van der Waals surface area contributed by atoms with Gasteiger partial charge in [0.25, 0.3) is 0 Å². The lowest BCUT2D eigenvalue weighted by Crippen LogP contribution is -2.30. The molecule has 0 aliphatic rings. The predicted octanol–water partition coefficient (Wildman–Crippen LogP) is 2.63. The fourth-order valence-electron chi connectivity index (χ4n) is 1.75. The Balaban J connectivity index is 1.90. The molecule has 106 valence electrons. The molecule has 0 bridgehead atoms. The fourth-order valence-corrected chi connectivity index (χ4v) is 1.75. The van der Waals surface area contributed by atoms with Gasteiger partial charge >= 0.3 is 0 Å². The normalized spacial score (nSPS) is 10.8. The van der Waals surface area contributed by atoms with Crippen LogP contribution < -0.4 is 5.32 Å². The van der Waals surface area contributed by atoms with Gasteiger partial charge in [0.05, 0.1) is 25.0 Å². The van der Waals surface area contributed by atoms with Crippen molar-refractivity contribution >= 4 is 11.6 Å². The Labute approximate surface area is 115 Å². The second-order valence-electron chi connectivity index (χ2n) is 4.42. The van der Waals surface area contributed by atoms with Gasteiger partial charge in [-0.2, -0.15) is 0 Å². The van der Waals surface area contributed by atoms with Crippen molar-refractivity contribution in [3.63, 3.8) is 0 Å². The summed E-state index contributed by atoms with van der Waals surface area (Å²) in [6.45, 7) is 0.489. The lowest BCUT2D eigenvalue weighted by molar-refractivity contribution is -0.117. The monoisotopic (exact) mass is 280 g/mol. The molecule has 0 fully saturated rings. The molecule has 1 N–H and O–H groups in total. The minimum Gasteiger partial charge on any atom is -0.468 e. The van der Waals surface area contributed by atoms with Crippen molar-refractivity contribution in [1.29, 1.82) is 0 Å². The van der Waals surface area contributed by atoms with Gasteiger partial charge < -0.3 is 9.73 Å². The van der Waals surface area contributed by atoms with Crippen molar-refractivity contribution in [3.8, 4) is 0 Å². The topological polar surface area (TPSA) is 45.5 Å². The first-order chi connectivity index (χ1) is 9.54. The Hall–Kier alpha value is -2.21. The van der Waals surface area contributed by atoms with E-state index in [1.807, 2.05) is 0 Å². The van der Waals surface area contributed by atoms with Crippen LogP contribution in [0.1, 0.15) is 5.76 Å². The Morgan fingerprint density at radius 1 is 1.35 bits per heavy atom. The zero-order chi connectivity index (χ0) is 14.5. The average molecular weight is 280 g/mol. The van der Waals surface area contributed by atoms with E-state index in [1.54, 1.807) is 30.3 Å². The molecule has 0 radical (unpaired) electrons. The number of carbonyl (C=O) groups excluding carboxylic acids is 1. The lowest BCUT2D eigenvalue weighted by Gasteiger charge is -2.15. The zero-order valence-electron chi connectivity index (χ0n) is 10.9. The van der Waals surface area contributed by atoms with Gasteiger partial charge in [0.1, 0.15) is 17.4 Å². The first kappa shape index (κ1) is 14.2. The Bertz CT molecular complexity index is 585. The van der Waals surface area contributed by atoms with E-state index in [0.717, 1.165) is 24.0 Å². The molecule has 1 aromatic carbocycles. The number of halogens is 2. The van der Waals surface area contributed by atoms with Crippen LogP contribution in [0.15, 0.2) is 41.0 Å². The first-order valence-corrected chi connectivity index (χ1v) is 6.00. The highest BCUT2D eigenvalue weighted by Crippen LogP contribution is 2.15. The van der Waals surface area contributed by atoms with Crippen LogP contribution in [0.25, 0.3) is 0 Å². The molecule has 2 aromatic rings. The van der Waals surface area contributed by atoms with E-state index in [1.165, 1.54) is 0 Å². The third-order valence-electron chi connectivity index (χ3n) is 2.62. The van der Waals surface area contributed by atoms with Crippen molar-refractivity contribution in [2.75, 3.05) is 18.9 Å². The number of anilines is 1.